The summed E-state index contributed by atoms with van der Waals surface area (Å²) in [4.78, 5) is 0. The van der Waals surface area contributed by atoms with Crippen LogP contribution in [0.5, 0.6) is 0 Å². The molecule has 8 heteroatoms. The van der Waals surface area contributed by atoms with E-state index in [9.17, 15) is 4.57 Å². The van der Waals surface area contributed by atoms with Crippen LogP contribution in [0.3, 0.4) is 0 Å². The van der Waals surface area contributed by atoms with Crippen molar-refractivity contribution in [3.63, 3.8) is 0 Å². The summed E-state index contributed by atoms with van der Waals surface area (Å²) in [6.07, 6.45) is 0. The molecule has 0 unspecified atom stereocenters. The number of para-hydroxylation sites is 1. The predicted octanol–water partition coefficient (Wildman–Crippen LogP) is 3.03. The first-order valence-electron chi connectivity index (χ1n) is 6.02. The highest BCUT2D eigenvalue weighted by molar-refractivity contribution is 7.81. The normalized spacial score (nSPS) is 10.7. The summed E-state index contributed by atoms with van der Waals surface area (Å²) in [5, 5.41) is 14.4. The number of hydrogen-bond donors (Lipinski definition) is 2. The standard InChI is InChI=1S/C12H16N3O3PS/c1-3-17-19(16,18-4-2)15-12(20)14-11-8-6-5-7-10(11)9-13/h5-8H,3-4H2,1-2H3,(H2,14,15,16,20). The summed E-state index contributed by atoms with van der Waals surface area (Å²) < 4.78 is 22.3. The zero-order valence-corrected chi connectivity index (χ0v) is 13.0. The van der Waals surface area contributed by atoms with Gasteiger partial charge < -0.3 is 5.32 Å². The molecule has 1 rings (SSSR count). The first-order valence-corrected chi connectivity index (χ1v) is 7.97. The molecule has 2 N–H and O–H groups in total. The topological polar surface area (TPSA) is 83.4 Å². The molecule has 0 saturated carbocycles. The van der Waals surface area contributed by atoms with Gasteiger partial charge in [0.05, 0.1) is 24.5 Å². The van der Waals surface area contributed by atoms with Crippen LogP contribution in [0.25, 0.3) is 0 Å². The van der Waals surface area contributed by atoms with E-state index in [0.717, 1.165) is 0 Å². The zero-order chi connectivity index (χ0) is 15.0. The lowest BCUT2D eigenvalue weighted by molar-refractivity contribution is 0.216. The molecule has 0 radical (unpaired) electrons. The average Bonchev–Trinajstić information content (AvgIpc) is 2.39. The molecule has 0 aromatic heterocycles. The molecular formula is C12H16N3O3PS. The van der Waals surface area contributed by atoms with E-state index in [1.165, 1.54) is 0 Å². The van der Waals surface area contributed by atoms with Gasteiger partial charge in [0, 0.05) is 0 Å². The minimum absolute atomic E-state index is 0.0675. The van der Waals surface area contributed by atoms with Crippen LogP contribution < -0.4 is 10.4 Å². The maximum absolute atomic E-state index is 12.2. The minimum atomic E-state index is -3.47. The second kappa shape index (κ2) is 7.98. The van der Waals surface area contributed by atoms with Crippen LogP contribution >= 0.6 is 20.0 Å². The molecule has 108 valence electrons. The van der Waals surface area contributed by atoms with Crippen LogP contribution in [0.1, 0.15) is 19.4 Å². The molecule has 0 spiro atoms. The lowest BCUT2D eigenvalue weighted by atomic mass is 10.2. The summed E-state index contributed by atoms with van der Waals surface area (Å²) in [6, 6.07) is 8.88. The van der Waals surface area contributed by atoms with Gasteiger partial charge in [0.2, 0.25) is 0 Å². The van der Waals surface area contributed by atoms with Crippen LogP contribution in [0.4, 0.5) is 5.69 Å². The first-order chi connectivity index (χ1) is 9.54. The summed E-state index contributed by atoms with van der Waals surface area (Å²) in [7, 11) is -3.47. The molecule has 0 aliphatic rings. The van der Waals surface area contributed by atoms with Crippen molar-refractivity contribution in [3.05, 3.63) is 29.8 Å². The van der Waals surface area contributed by atoms with E-state index >= 15 is 0 Å². The van der Waals surface area contributed by atoms with Crippen molar-refractivity contribution in [2.45, 2.75) is 13.8 Å². The zero-order valence-electron chi connectivity index (χ0n) is 11.3. The average molecular weight is 313 g/mol. The van der Waals surface area contributed by atoms with Crippen molar-refractivity contribution >= 4 is 30.8 Å². The molecular weight excluding hydrogens is 297 g/mol. The van der Waals surface area contributed by atoms with Crippen LogP contribution in [-0.4, -0.2) is 18.3 Å². The Kier molecular flexibility index (Phi) is 6.62. The van der Waals surface area contributed by atoms with Gasteiger partial charge in [-0.25, -0.2) is 4.57 Å². The van der Waals surface area contributed by atoms with Gasteiger partial charge in [-0.1, -0.05) is 12.1 Å². The second-order valence-electron chi connectivity index (χ2n) is 3.56. The van der Waals surface area contributed by atoms with Crippen molar-refractivity contribution in [3.8, 4) is 6.07 Å². The Labute approximate surface area is 123 Å². The van der Waals surface area contributed by atoms with E-state index in [-0.39, 0.29) is 18.3 Å². The van der Waals surface area contributed by atoms with E-state index < -0.39 is 7.75 Å². The van der Waals surface area contributed by atoms with Gasteiger partial charge in [-0.05, 0) is 38.2 Å². The number of nitrogens with zero attached hydrogens (tertiary/aromatic N) is 1. The van der Waals surface area contributed by atoms with Gasteiger partial charge in [-0.3, -0.25) is 14.1 Å². The minimum Gasteiger partial charge on any atom is -0.331 e. The number of hydrogen-bond acceptors (Lipinski definition) is 5. The third kappa shape index (κ3) is 4.91. The summed E-state index contributed by atoms with van der Waals surface area (Å²) >= 11 is 5.06. The maximum atomic E-state index is 12.2. The molecule has 0 fully saturated rings. The highest BCUT2D eigenvalue weighted by atomic mass is 32.1. The molecule has 0 aliphatic carbocycles. The number of benzene rings is 1. The SMILES string of the molecule is CCOP(=O)(NC(=S)Nc1ccccc1C#N)OCC. The summed E-state index contributed by atoms with van der Waals surface area (Å²) in [5.41, 5.74) is 0.950. The van der Waals surface area contributed by atoms with Gasteiger partial charge >= 0.3 is 7.75 Å². The van der Waals surface area contributed by atoms with Crippen LogP contribution in [-0.2, 0) is 13.6 Å². The van der Waals surface area contributed by atoms with E-state index in [1.54, 1.807) is 38.1 Å². The van der Waals surface area contributed by atoms with Crippen molar-refractivity contribution in [2.24, 2.45) is 0 Å². The summed E-state index contributed by atoms with van der Waals surface area (Å²) in [5.74, 6) is 0. The molecule has 0 bridgehead atoms. The molecule has 6 nitrogen and oxygen atoms in total. The molecule has 1 aromatic rings. The Balaban J connectivity index is 2.76. The van der Waals surface area contributed by atoms with Gasteiger partial charge in [0.1, 0.15) is 6.07 Å². The Hall–Kier alpha value is -1.45. The number of nitrogens with one attached hydrogen (secondary N) is 2. The fourth-order valence-corrected chi connectivity index (χ4v) is 3.04. The van der Waals surface area contributed by atoms with Crippen molar-refractivity contribution < 1.29 is 13.6 Å². The molecule has 0 atom stereocenters. The molecule has 1 aromatic carbocycles. The third-order valence-corrected chi connectivity index (χ3v) is 4.18. The molecule has 0 aliphatic heterocycles. The van der Waals surface area contributed by atoms with E-state index in [0.29, 0.717) is 11.3 Å². The van der Waals surface area contributed by atoms with E-state index in [1.807, 2.05) is 6.07 Å². The summed E-state index contributed by atoms with van der Waals surface area (Å²) in [6.45, 7) is 3.85. The number of nitriles is 1. The lowest BCUT2D eigenvalue weighted by Gasteiger charge is -2.19. The Morgan fingerprint density at radius 1 is 1.35 bits per heavy atom. The monoisotopic (exact) mass is 313 g/mol. The third-order valence-electron chi connectivity index (χ3n) is 2.13. The highest BCUT2D eigenvalue weighted by Gasteiger charge is 2.25. The fourth-order valence-electron chi connectivity index (χ4n) is 1.41. The Morgan fingerprint density at radius 3 is 2.50 bits per heavy atom. The van der Waals surface area contributed by atoms with Gasteiger partial charge in [-0.2, -0.15) is 5.26 Å². The van der Waals surface area contributed by atoms with Crippen LogP contribution in [0.15, 0.2) is 24.3 Å². The van der Waals surface area contributed by atoms with Crippen molar-refractivity contribution in [1.29, 1.82) is 5.26 Å². The quantitative estimate of drug-likeness (QED) is 0.617. The Bertz CT molecular complexity index is 549. The highest BCUT2D eigenvalue weighted by Crippen LogP contribution is 2.43. The van der Waals surface area contributed by atoms with E-state index in [4.69, 9.17) is 26.5 Å². The molecule has 0 amide bonds. The van der Waals surface area contributed by atoms with Crippen molar-refractivity contribution in [2.75, 3.05) is 18.5 Å². The maximum Gasteiger partial charge on any atom is 0.434 e. The first kappa shape index (κ1) is 16.6. The van der Waals surface area contributed by atoms with E-state index in [2.05, 4.69) is 10.4 Å². The van der Waals surface area contributed by atoms with Gasteiger partial charge in [0.25, 0.3) is 0 Å². The fraction of sp³-hybridized carbons (Fsp3) is 0.333. The number of thiocarbonyl (C=S) groups is 1. The van der Waals surface area contributed by atoms with Crippen LogP contribution in [0.2, 0.25) is 0 Å². The molecule has 0 heterocycles. The Morgan fingerprint density at radius 2 is 1.95 bits per heavy atom. The van der Waals surface area contributed by atoms with Crippen molar-refractivity contribution in [1.82, 2.24) is 5.09 Å². The largest absolute Gasteiger partial charge is 0.434 e. The smallest absolute Gasteiger partial charge is 0.331 e. The lowest BCUT2D eigenvalue weighted by Crippen LogP contribution is -2.28. The van der Waals surface area contributed by atoms with Gasteiger partial charge in [-0.15, -0.1) is 0 Å². The second-order valence-corrected chi connectivity index (χ2v) is 5.70. The van der Waals surface area contributed by atoms with Crippen LogP contribution in [0, 0.1) is 11.3 Å². The predicted molar refractivity (Wildman–Crippen MR) is 81.4 cm³/mol. The number of anilines is 1. The van der Waals surface area contributed by atoms with Gasteiger partial charge in [0.15, 0.2) is 5.11 Å². The molecule has 20 heavy (non-hydrogen) atoms. The molecule has 0 saturated heterocycles. The number of rotatable bonds is 6.